The molecule has 2 heterocycles. The lowest BCUT2D eigenvalue weighted by molar-refractivity contribution is -0.138. The van der Waals surface area contributed by atoms with Gasteiger partial charge in [0, 0.05) is 25.1 Å². The molecule has 0 bridgehead atoms. The van der Waals surface area contributed by atoms with E-state index < -0.39 is 11.9 Å². The molecule has 18 heavy (non-hydrogen) atoms. The van der Waals surface area contributed by atoms with Gasteiger partial charge in [-0.1, -0.05) is 0 Å². The second-order valence-electron chi connectivity index (χ2n) is 4.83. The lowest BCUT2D eigenvalue weighted by Gasteiger charge is -2.14. The van der Waals surface area contributed by atoms with E-state index in [-0.39, 0.29) is 6.10 Å². The second-order valence-corrected chi connectivity index (χ2v) is 5.89. The highest BCUT2D eigenvalue weighted by Gasteiger charge is 2.34. The van der Waals surface area contributed by atoms with Gasteiger partial charge < -0.3 is 14.7 Å². The maximum atomic E-state index is 11.1. The van der Waals surface area contributed by atoms with E-state index in [0.717, 1.165) is 41.6 Å². The van der Waals surface area contributed by atoms with Crippen molar-refractivity contribution in [3.63, 3.8) is 0 Å². The molecule has 1 N–H and O–H groups in total. The molecule has 98 valence electrons. The lowest BCUT2D eigenvalue weighted by atomic mass is 10.1. The highest BCUT2D eigenvalue weighted by molar-refractivity contribution is 7.15. The Morgan fingerprint density at radius 1 is 1.56 bits per heavy atom. The largest absolute Gasteiger partial charge is 0.481 e. The van der Waals surface area contributed by atoms with Gasteiger partial charge in [-0.25, -0.2) is 4.98 Å². The first-order valence-electron chi connectivity index (χ1n) is 6.19. The molecule has 0 spiro atoms. The Labute approximate surface area is 109 Å². The van der Waals surface area contributed by atoms with Gasteiger partial charge >= 0.3 is 5.97 Å². The fourth-order valence-electron chi connectivity index (χ4n) is 2.68. The third kappa shape index (κ3) is 1.89. The molecule has 2 aliphatic rings. The van der Waals surface area contributed by atoms with Crippen molar-refractivity contribution < 1.29 is 14.6 Å². The van der Waals surface area contributed by atoms with Crippen molar-refractivity contribution in [1.82, 2.24) is 4.98 Å². The number of aliphatic carboxylic acids is 1. The van der Waals surface area contributed by atoms with Gasteiger partial charge in [-0.3, -0.25) is 4.79 Å². The minimum atomic E-state index is -0.748. The predicted octanol–water partition coefficient (Wildman–Crippen LogP) is 1.48. The molecule has 0 aromatic carbocycles. The number of carboxylic acid groups (broad SMARTS) is 1. The monoisotopic (exact) mass is 268 g/mol. The molecule has 1 aromatic rings. The zero-order valence-electron chi connectivity index (χ0n) is 10.3. The van der Waals surface area contributed by atoms with Crippen molar-refractivity contribution in [1.29, 1.82) is 0 Å². The molecule has 0 amide bonds. The molecule has 6 heteroatoms. The average Bonchev–Trinajstić information content (AvgIpc) is 3.02. The molecule has 2 atom stereocenters. The van der Waals surface area contributed by atoms with Crippen LogP contribution < -0.4 is 4.90 Å². The molecule has 0 saturated carbocycles. The van der Waals surface area contributed by atoms with Crippen molar-refractivity contribution in [2.24, 2.45) is 0 Å². The van der Waals surface area contributed by atoms with Gasteiger partial charge in [-0.2, -0.15) is 0 Å². The van der Waals surface area contributed by atoms with E-state index in [9.17, 15) is 4.79 Å². The number of thiazole rings is 1. The van der Waals surface area contributed by atoms with Crippen LogP contribution in [0, 0.1) is 0 Å². The van der Waals surface area contributed by atoms with Crippen LogP contribution in [0.25, 0.3) is 0 Å². The first-order valence-corrected chi connectivity index (χ1v) is 7.01. The van der Waals surface area contributed by atoms with E-state index in [1.165, 1.54) is 0 Å². The number of aromatic nitrogens is 1. The third-order valence-electron chi connectivity index (χ3n) is 3.75. The number of hydrogen-bond acceptors (Lipinski definition) is 5. The van der Waals surface area contributed by atoms with E-state index in [2.05, 4.69) is 9.88 Å². The van der Waals surface area contributed by atoms with Crippen LogP contribution in [0.2, 0.25) is 0 Å². The Kier molecular flexibility index (Phi) is 2.99. The van der Waals surface area contributed by atoms with Gasteiger partial charge in [0.25, 0.3) is 0 Å². The maximum absolute atomic E-state index is 11.1. The third-order valence-corrected chi connectivity index (χ3v) is 4.95. The first kappa shape index (κ1) is 11.9. The minimum absolute atomic E-state index is 0.277. The zero-order valence-corrected chi connectivity index (χ0v) is 11.1. The van der Waals surface area contributed by atoms with E-state index >= 15 is 0 Å². The Morgan fingerprint density at radius 2 is 2.39 bits per heavy atom. The summed E-state index contributed by atoms with van der Waals surface area (Å²) in [7, 11) is 1.73. The van der Waals surface area contributed by atoms with Gasteiger partial charge in [0.05, 0.1) is 11.8 Å². The SMILES string of the molecule is COC1CCN(c2nc3c(s2)CCC3C(=O)O)C1. The zero-order chi connectivity index (χ0) is 12.7. The number of nitrogens with zero attached hydrogens (tertiary/aromatic N) is 2. The van der Waals surface area contributed by atoms with Crippen LogP contribution >= 0.6 is 11.3 Å². The average molecular weight is 268 g/mol. The Balaban J connectivity index is 1.80. The van der Waals surface area contributed by atoms with Crippen LogP contribution in [0.4, 0.5) is 5.13 Å². The summed E-state index contributed by atoms with van der Waals surface area (Å²) < 4.78 is 5.34. The standard InChI is InChI=1S/C12H16N2O3S/c1-17-7-4-5-14(6-7)12-13-10-8(11(15)16)2-3-9(10)18-12/h7-8H,2-6H2,1H3,(H,15,16). The molecule has 2 unspecified atom stereocenters. The van der Waals surface area contributed by atoms with Gasteiger partial charge in [-0.15, -0.1) is 11.3 Å². The molecule has 1 aromatic heterocycles. The van der Waals surface area contributed by atoms with Crippen molar-refractivity contribution in [3.8, 4) is 0 Å². The van der Waals surface area contributed by atoms with Crippen LogP contribution in [0.1, 0.15) is 29.3 Å². The maximum Gasteiger partial charge on any atom is 0.312 e. The lowest BCUT2D eigenvalue weighted by Crippen LogP contribution is -2.22. The Bertz CT molecular complexity index is 474. The summed E-state index contributed by atoms with van der Waals surface area (Å²) in [4.78, 5) is 19.0. The second kappa shape index (κ2) is 4.51. The number of hydrogen-bond donors (Lipinski definition) is 1. The van der Waals surface area contributed by atoms with Gasteiger partial charge in [0.2, 0.25) is 0 Å². The molecule has 1 aliphatic carbocycles. The van der Waals surface area contributed by atoms with Crippen LogP contribution in [0.3, 0.4) is 0 Å². The molecule has 5 nitrogen and oxygen atoms in total. The summed E-state index contributed by atoms with van der Waals surface area (Å²) in [6.07, 6.45) is 2.85. The fraction of sp³-hybridized carbons (Fsp3) is 0.667. The molecule has 1 aliphatic heterocycles. The number of carbonyl (C=O) groups is 1. The van der Waals surface area contributed by atoms with Crippen molar-refractivity contribution in [2.75, 3.05) is 25.1 Å². The number of ether oxygens (including phenoxy) is 1. The smallest absolute Gasteiger partial charge is 0.312 e. The highest BCUT2D eigenvalue weighted by atomic mass is 32.1. The Hall–Kier alpha value is -1.14. The van der Waals surface area contributed by atoms with Crippen molar-refractivity contribution >= 4 is 22.4 Å². The van der Waals surface area contributed by atoms with Crippen LogP contribution in [0.15, 0.2) is 0 Å². The van der Waals surface area contributed by atoms with E-state index in [4.69, 9.17) is 9.84 Å². The fourth-order valence-corrected chi connectivity index (χ4v) is 3.86. The molecular weight excluding hydrogens is 252 g/mol. The molecular formula is C12H16N2O3S. The predicted molar refractivity (Wildman–Crippen MR) is 68.4 cm³/mol. The molecule has 3 rings (SSSR count). The topological polar surface area (TPSA) is 62.7 Å². The summed E-state index contributed by atoms with van der Waals surface area (Å²) in [5, 5.41) is 10.1. The minimum Gasteiger partial charge on any atom is -0.481 e. The summed E-state index contributed by atoms with van der Waals surface area (Å²) in [5.74, 6) is -1.15. The summed E-state index contributed by atoms with van der Waals surface area (Å²) in [6, 6.07) is 0. The number of carboxylic acids is 1. The quantitative estimate of drug-likeness (QED) is 0.899. The van der Waals surface area contributed by atoms with Gasteiger partial charge in [0.15, 0.2) is 5.13 Å². The number of anilines is 1. The highest BCUT2D eigenvalue weighted by Crippen LogP contribution is 2.40. The molecule has 0 radical (unpaired) electrons. The van der Waals surface area contributed by atoms with Crippen molar-refractivity contribution in [3.05, 3.63) is 10.6 Å². The number of aryl methyl sites for hydroxylation is 1. The van der Waals surface area contributed by atoms with Crippen LogP contribution in [-0.4, -0.2) is 42.4 Å². The van der Waals surface area contributed by atoms with Gasteiger partial charge in [0.1, 0.15) is 5.92 Å². The summed E-state index contributed by atoms with van der Waals surface area (Å²) in [6.45, 7) is 1.81. The van der Waals surface area contributed by atoms with Gasteiger partial charge in [-0.05, 0) is 19.3 Å². The van der Waals surface area contributed by atoms with Crippen molar-refractivity contribution in [2.45, 2.75) is 31.3 Å². The van der Waals surface area contributed by atoms with E-state index in [1.807, 2.05) is 0 Å². The normalized spacial score (nSPS) is 26.6. The molecule has 1 saturated heterocycles. The van der Waals surface area contributed by atoms with Crippen LogP contribution in [0.5, 0.6) is 0 Å². The van der Waals surface area contributed by atoms with E-state index in [1.54, 1.807) is 18.4 Å². The first-order chi connectivity index (χ1) is 8.69. The number of methoxy groups -OCH3 is 1. The number of fused-ring (bicyclic) bond motifs is 1. The van der Waals surface area contributed by atoms with E-state index in [0.29, 0.717) is 6.42 Å². The summed E-state index contributed by atoms with van der Waals surface area (Å²) in [5.41, 5.74) is 0.795. The number of rotatable bonds is 3. The Morgan fingerprint density at radius 3 is 3.06 bits per heavy atom. The summed E-state index contributed by atoms with van der Waals surface area (Å²) >= 11 is 1.65. The molecule has 1 fully saturated rings. The van der Waals surface area contributed by atoms with Crippen LogP contribution in [-0.2, 0) is 16.0 Å².